The molecule has 1 aromatic rings. The Balaban J connectivity index is 2.34. The fourth-order valence-electron chi connectivity index (χ4n) is 1.58. The summed E-state index contributed by atoms with van der Waals surface area (Å²) < 4.78 is 48.9. The molecular formula is C10H8F3NO2S. The lowest BCUT2D eigenvalue weighted by Gasteiger charge is -2.12. The number of alkyl halides is 3. The van der Waals surface area contributed by atoms with E-state index in [1.54, 1.807) is 0 Å². The first kappa shape index (κ1) is 12.1. The Labute approximate surface area is 97.5 Å². The van der Waals surface area contributed by atoms with E-state index in [1.807, 2.05) is 0 Å². The molecule has 1 heterocycles. The highest BCUT2D eigenvalue weighted by molar-refractivity contribution is 7.86. The van der Waals surface area contributed by atoms with Gasteiger partial charge in [-0.15, -0.1) is 0 Å². The zero-order chi connectivity index (χ0) is 12.6. The van der Waals surface area contributed by atoms with Crippen LogP contribution in [0.4, 0.5) is 13.2 Å². The Morgan fingerprint density at radius 2 is 2.06 bits per heavy atom. The molecule has 2 rings (SSSR count). The van der Waals surface area contributed by atoms with Crippen LogP contribution in [0.2, 0.25) is 0 Å². The van der Waals surface area contributed by atoms with Crippen molar-refractivity contribution in [3.8, 4) is 0 Å². The summed E-state index contributed by atoms with van der Waals surface area (Å²) in [7, 11) is -1.50. The topological polar surface area (TPSA) is 46.2 Å². The highest BCUT2D eigenvalue weighted by Gasteiger charge is 2.34. The van der Waals surface area contributed by atoms with Gasteiger partial charge in [0.1, 0.15) is 11.1 Å². The Kier molecular flexibility index (Phi) is 2.94. The van der Waals surface area contributed by atoms with Crippen LogP contribution in [-0.4, -0.2) is 15.9 Å². The summed E-state index contributed by atoms with van der Waals surface area (Å²) in [6.45, 7) is 0. The number of hydrogen-bond donors (Lipinski definition) is 1. The summed E-state index contributed by atoms with van der Waals surface area (Å²) in [5.74, 6) is -0.577. The molecular weight excluding hydrogens is 255 g/mol. The summed E-state index contributed by atoms with van der Waals surface area (Å²) in [5.41, 5.74) is -0.600. The molecule has 1 fully saturated rings. The van der Waals surface area contributed by atoms with Gasteiger partial charge in [-0.3, -0.25) is 9.00 Å². The van der Waals surface area contributed by atoms with Gasteiger partial charge in [-0.1, -0.05) is 12.1 Å². The Morgan fingerprint density at radius 3 is 2.59 bits per heavy atom. The molecule has 2 unspecified atom stereocenters. The van der Waals surface area contributed by atoms with Crippen molar-refractivity contribution in [2.45, 2.75) is 11.6 Å². The van der Waals surface area contributed by atoms with E-state index in [0.717, 1.165) is 12.1 Å². The predicted octanol–water partition coefficient (Wildman–Crippen LogP) is 1.58. The average Bonchev–Trinajstić information content (AvgIpc) is 2.57. The van der Waals surface area contributed by atoms with Crippen molar-refractivity contribution in [3.05, 3.63) is 35.4 Å². The minimum absolute atomic E-state index is 0.166. The number of hydrogen-bond acceptors (Lipinski definition) is 2. The smallest absolute Gasteiger partial charge is 0.337 e. The van der Waals surface area contributed by atoms with Gasteiger partial charge in [0.2, 0.25) is 5.91 Å². The first-order valence-corrected chi connectivity index (χ1v) is 6.10. The molecule has 1 saturated heterocycles. The molecule has 1 aromatic carbocycles. The number of benzene rings is 1. The Bertz CT molecular complexity index is 487. The van der Waals surface area contributed by atoms with Crippen molar-refractivity contribution in [1.29, 1.82) is 0 Å². The van der Waals surface area contributed by atoms with Gasteiger partial charge in [-0.2, -0.15) is 13.2 Å². The van der Waals surface area contributed by atoms with Crippen LogP contribution in [0.25, 0.3) is 0 Å². The average molecular weight is 263 g/mol. The van der Waals surface area contributed by atoms with Crippen molar-refractivity contribution in [1.82, 2.24) is 5.32 Å². The second kappa shape index (κ2) is 4.14. The molecule has 92 valence electrons. The van der Waals surface area contributed by atoms with E-state index in [1.165, 1.54) is 12.1 Å². The monoisotopic (exact) mass is 263 g/mol. The highest BCUT2D eigenvalue weighted by atomic mass is 32.2. The number of amides is 1. The van der Waals surface area contributed by atoms with E-state index in [4.69, 9.17) is 0 Å². The Hall–Kier alpha value is -1.37. The minimum Gasteiger partial charge on any atom is -0.337 e. The molecule has 1 aliphatic rings. The zero-order valence-electron chi connectivity index (χ0n) is 8.45. The van der Waals surface area contributed by atoms with E-state index >= 15 is 0 Å². The highest BCUT2D eigenvalue weighted by Crippen LogP contribution is 2.32. The van der Waals surface area contributed by atoms with Crippen molar-refractivity contribution >= 4 is 16.7 Å². The number of carbonyl (C=O) groups excluding carboxylic acids is 1. The van der Waals surface area contributed by atoms with Gasteiger partial charge in [0.05, 0.1) is 16.4 Å². The quantitative estimate of drug-likeness (QED) is 0.836. The maximum Gasteiger partial charge on any atom is 0.416 e. The van der Waals surface area contributed by atoms with Gasteiger partial charge < -0.3 is 5.32 Å². The summed E-state index contributed by atoms with van der Waals surface area (Å²) in [6.07, 6.45) is -4.44. The first-order chi connectivity index (χ1) is 7.88. The zero-order valence-corrected chi connectivity index (χ0v) is 9.27. The second-order valence-electron chi connectivity index (χ2n) is 3.60. The number of nitrogens with one attached hydrogen (secondary N) is 1. The molecule has 2 atom stereocenters. The SMILES string of the molecule is O=C1CS(=O)C(c2cccc(C(F)(F)F)c2)N1. The molecule has 1 N–H and O–H groups in total. The fourth-order valence-corrected chi connectivity index (χ4v) is 2.80. The molecule has 7 heteroatoms. The van der Waals surface area contributed by atoms with Gasteiger partial charge in [0, 0.05) is 0 Å². The third-order valence-corrected chi connectivity index (χ3v) is 3.81. The summed E-state index contributed by atoms with van der Waals surface area (Å²) in [5, 5.41) is 1.55. The number of carbonyl (C=O) groups is 1. The molecule has 0 radical (unpaired) electrons. The standard InChI is InChI=1S/C10H8F3NO2S/c11-10(12,13)7-3-1-2-6(4-7)9-14-8(15)5-17(9)16/h1-4,9H,5H2,(H,14,15). The van der Waals surface area contributed by atoms with Gasteiger partial charge >= 0.3 is 6.18 Å². The van der Waals surface area contributed by atoms with E-state index in [2.05, 4.69) is 5.32 Å². The first-order valence-electron chi connectivity index (χ1n) is 4.71. The molecule has 0 aliphatic carbocycles. The summed E-state index contributed by atoms with van der Waals surface area (Å²) >= 11 is 0. The predicted molar refractivity (Wildman–Crippen MR) is 55.3 cm³/mol. The summed E-state index contributed by atoms with van der Waals surface area (Å²) in [6, 6.07) is 4.50. The van der Waals surface area contributed by atoms with E-state index in [0.29, 0.717) is 0 Å². The van der Waals surface area contributed by atoms with Crippen molar-refractivity contribution < 1.29 is 22.2 Å². The fraction of sp³-hybridized carbons (Fsp3) is 0.300. The van der Waals surface area contributed by atoms with Gasteiger partial charge in [0.25, 0.3) is 0 Å². The second-order valence-corrected chi connectivity index (χ2v) is 5.12. The molecule has 3 nitrogen and oxygen atoms in total. The molecule has 1 aliphatic heterocycles. The van der Waals surface area contributed by atoms with E-state index in [9.17, 15) is 22.2 Å². The normalized spacial score (nSPS) is 24.8. The van der Waals surface area contributed by atoms with Crippen molar-refractivity contribution in [2.24, 2.45) is 0 Å². The van der Waals surface area contributed by atoms with Crippen LogP contribution in [0, 0.1) is 0 Å². The largest absolute Gasteiger partial charge is 0.416 e. The van der Waals surface area contributed by atoms with E-state index < -0.39 is 33.8 Å². The van der Waals surface area contributed by atoms with Crippen LogP contribution in [0.1, 0.15) is 16.5 Å². The summed E-state index contributed by atoms with van der Waals surface area (Å²) in [4.78, 5) is 11.0. The van der Waals surface area contributed by atoms with Crippen LogP contribution < -0.4 is 5.32 Å². The molecule has 17 heavy (non-hydrogen) atoms. The lowest BCUT2D eigenvalue weighted by molar-refractivity contribution is -0.137. The molecule has 0 bridgehead atoms. The third kappa shape index (κ3) is 2.49. The van der Waals surface area contributed by atoms with E-state index in [-0.39, 0.29) is 11.3 Å². The maximum absolute atomic E-state index is 12.5. The van der Waals surface area contributed by atoms with Crippen molar-refractivity contribution in [3.63, 3.8) is 0 Å². The lowest BCUT2D eigenvalue weighted by atomic mass is 10.1. The van der Waals surface area contributed by atoms with Crippen LogP contribution >= 0.6 is 0 Å². The van der Waals surface area contributed by atoms with Gasteiger partial charge in [0.15, 0.2) is 0 Å². The number of halogens is 3. The molecule has 0 saturated carbocycles. The van der Waals surface area contributed by atoms with Crippen LogP contribution in [-0.2, 0) is 21.8 Å². The van der Waals surface area contributed by atoms with Crippen LogP contribution in [0.5, 0.6) is 0 Å². The maximum atomic E-state index is 12.5. The molecule has 1 amide bonds. The van der Waals surface area contributed by atoms with Gasteiger partial charge in [-0.05, 0) is 17.7 Å². The van der Waals surface area contributed by atoms with Crippen LogP contribution in [0.15, 0.2) is 24.3 Å². The minimum atomic E-state index is -4.44. The number of rotatable bonds is 1. The third-order valence-electron chi connectivity index (χ3n) is 2.35. The van der Waals surface area contributed by atoms with Crippen LogP contribution in [0.3, 0.4) is 0 Å². The molecule has 0 spiro atoms. The lowest BCUT2D eigenvalue weighted by Crippen LogP contribution is -2.20. The van der Waals surface area contributed by atoms with Crippen molar-refractivity contribution in [2.75, 3.05) is 5.75 Å². The van der Waals surface area contributed by atoms with Gasteiger partial charge in [-0.25, -0.2) is 0 Å². The molecule has 0 aromatic heterocycles. The Morgan fingerprint density at radius 1 is 1.35 bits per heavy atom.